The number of carboxylic acids is 1. The van der Waals surface area contributed by atoms with E-state index in [2.05, 4.69) is 5.32 Å². The molecule has 0 atom stereocenters. The molecule has 2 N–H and O–H groups in total. The quantitative estimate of drug-likeness (QED) is 0.846. The van der Waals surface area contributed by atoms with E-state index in [0.29, 0.717) is 22.6 Å². The van der Waals surface area contributed by atoms with Gasteiger partial charge in [0.05, 0.1) is 0 Å². The molecule has 0 aromatic heterocycles. The molecule has 6 nitrogen and oxygen atoms in total. The zero-order valence-electron chi connectivity index (χ0n) is 12.0. The number of aliphatic carboxylic acids is 1. The van der Waals surface area contributed by atoms with E-state index in [1.54, 1.807) is 48.5 Å². The number of amides is 1. The molecule has 0 saturated heterocycles. The second-order valence-corrected chi connectivity index (χ2v) is 4.80. The Morgan fingerprint density at radius 1 is 1.04 bits per heavy atom. The van der Waals surface area contributed by atoms with Crippen LogP contribution in [0.1, 0.15) is 15.9 Å². The highest BCUT2D eigenvalue weighted by molar-refractivity contribution is 6.02. The molecule has 0 unspecified atom stereocenters. The van der Waals surface area contributed by atoms with Crippen molar-refractivity contribution in [3.63, 3.8) is 0 Å². The highest BCUT2D eigenvalue weighted by atomic mass is 16.7. The third-order valence-corrected chi connectivity index (χ3v) is 3.22. The standard InChI is InChI=1S/C17H13NO5/c19-16(12-4-2-1-3-5-12)18-13(17(20)21)8-11-6-7-14-15(9-11)23-10-22-14/h1-9H,10H2,(H,18,19)(H,20,21). The summed E-state index contributed by atoms with van der Waals surface area (Å²) >= 11 is 0. The van der Waals surface area contributed by atoms with E-state index in [9.17, 15) is 14.7 Å². The van der Waals surface area contributed by atoms with Crippen molar-refractivity contribution in [1.82, 2.24) is 5.32 Å². The molecule has 116 valence electrons. The number of rotatable bonds is 4. The van der Waals surface area contributed by atoms with Crippen molar-refractivity contribution in [2.45, 2.75) is 0 Å². The average molecular weight is 311 g/mol. The van der Waals surface area contributed by atoms with Gasteiger partial charge in [-0.05, 0) is 35.9 Å². The predicted octanol–water partition coefficient (Wildman–Crippen LogP) is 2.27. The molecule has 0 bridgehead atoms. The van der Waals surface area contributed by atoms with E-state index >= 15 is 0 Å². The molecule has 0 radical (unpaired) electrons. The summed E-state index contributed by atoms with van der Waals surface area (Å²) in [5.41, 5.74) is 0.739. The minimum Gasteiger partial charge on any atom is -0.477 e. The topological polar surface area (TPSA) is 84.9 Å². The number of hydrogen-bond donors (Lipinski definition) is 2. The van der Waals surface area contributed by atoms with Gasteiger partial charge in [0.25, 0.3) is 5.91 Å². The minimum absolute atomic E-state index is 0.138. The summed E-state index contributed by atoms with van der Waals surface area (Å²) in [7, 11) is 0. The summed E-state index contributed by atoms with van der Waals surface area (Å²) in [4.78, 5) is 23.4. The summed E-state index contributed by atoms with van der Waals surface area (Å²) < 4.78 is 10.4. The highest BCUT2D eigenvalue weighted by Crippen LogP contribution is 2.33. The number of carboxylic acid groups (broad SMARTS) is 1. The molecule has 23 heavy (non-hydrogen) atoms. The monoisotopic (exact) mass is 311 g/mol. The van der Waals surface area contributed by atoms with Crippen LogP contribution in [0, 0.1) is 0 Å². The van der Waals surface area contributed by atoms with Gasteiger partial charge in [0.2, 0.25) is 6.79 Å². The Labute approximate surface area is 132 Å². The second-order valence-electron chi connectivity index (χ2n) is 4.80. The number of benzene rings is 2. The molecule has 6 heteroatoms. The van der Waals surface area contributed by atoms with Crippen LogP contribution in [-0.2, 0) is 4.79 Å². The molecule has 0 spiro atoms. The lowest BCUT2D eigenvalue weighted by Crippen LogP contribution is -2.27. The van der Waals surface area contributed by atoms with Gasteiger partial charge in [0.1, 0.15) is 5.70 Å². The Morgan fingerprint density at radius 3 is 2.52 bits per heavy atom. The molecular formula is C17H13NO5. The van der Waals surface area contributed by atoms with Crippen molar-refractivity contribution >= 4 is 18.0 Å². The van der Waals surface area contributed by atoms with Crippen LogP contribution >= 0.6 is 0 Å². The van der Waals surface area contributed by atoms with Crippen molar-refractivity contribution in [2.24, 2.45) is 0 Å². The first-order chi connectivity index (χ1) is 11.1. The van der Waals surface area contributed by atoms with Crippen molar-refractivity contribution in [3.05, 3.63) is 65.4 Å². The van der Waals surface area contributed by atoms with Crippen molar-refractivity contribution in [1.29, 1.82) is 0 Å². The van der Waals surface area contributed by atoms with Gasteiger partial charge in [-0.15, -0.1) is 0 Å². The Balaban J connectivity index is 1.84. The van der Waals surface area contributed by atoms with E-state index in [-0.39, 0.29) is 12.5 Å². The van der Waals surface area contributed by atoms with Crippen molar-refractivity contribution in [2.75, 3.05) is 6.79 Å². The van der Waals surface area contributed by atoms with Crippen LogP contribution in [0.25, 0.3) is 6.08 Å². The van der Waals surface area contributed by atoms with Crippen LogP contribution in [-0.4, -0.2) is 23.8 Å². The van der Waals surface area contributed by atoms with Gasteiger partial charge in [-0.2, -0.15) is 0 Å². The first-order valence-electron chi connectivity index (χ1n) is 6.84. The van der Waals surface area contributed by atoms with Crippen LogP contribution < -0.4 is 14.8 Å². The molecule has 3 rings (SSSR count). The average Bonchev–Trinajstić information content (AvgIpc) is 3.02. The maximum Gasteiger partial charge on any atom is 0.352 e. The molecule has 0 fully saturated rings. The Morgan fingerprint density at radius 2 is 1.78 bits per heavy atom. The van der Waals surface area contributed by atoms with Gasteiger partial charge in [0, 0.05) is 5.56 Å². The third-order valence-electron chi connectivity index (χ3n) is 3.22. The van der Waals surface area contributed by atoms with Crippen LogP contribution in [0.3, 0.4) is 0 Å². The molecule has 0 saturated carbocycles. The van der Waals surface area contributed by atoms with Gasteiger partial charge < -0.3 is 19.9 Å². The van der Waals surface area contributed by atoms with Crippen LogP contribution in [0.15, 0.2) is 54.2 Å². The number of fused-ring (bicyclic) bond motifs is 1. The zero-order valence-corrected chi connectivity index (χ0v) is 12.0. The third kappa shape index (κ3) is 3.32. The summed E-state index contributed by atoms with van der Waals surface area (Å²) in [5.74, 6) is -0.572. The predicted molar refractivity (Wildman–Crippen MR) is 82.1 cm³/mol. The number of hydrogen-bond acceptors (Lipinski definition) is 4. The molecule has 2 aromatic carbocycles. The molecule has 1 heterocycles. The van der Waals surface area contributed by atoms with Gasteiger partial charge in [0.15, 0.2) is 11.5 Å². The van der Waals surface area contributed by atoms with Crippen LogP contribution in [0.2, 0.25) is 0 Å². The van der Waals surface area contributed by atoms with E-state index in [1.807, 2.05) is 0 Å². The molecular weight excluding hydrogens is 298 g/mol. The Kier molecular flexibility index (Phi) is 3.97. The molecule has 1 aliphatic rings. The fourth-order valence-electron chi connectivity index (χ4n) is 2.10. The van der Waals surface area contributed by atoms with E-state index < -0.39 is 11.9 Å². The molecule has 1 aliphatic heterocycles. The summed E-state index contributed by atoms with van der Waals surface area (Å²) in [5, 5.41) is 11.7. The maximum absolute atomic E-state index is 12.1. The van der Waals surface area contributed by atoms with E-state index in [1.165, 1.54) is 6.08 Å². The van der Waals surface area contributed by atoms with Crippen LogP contribution in [0.5, 0.6) is 11.5 Å². The van der Waals surface area contributed by atoms with Gasteiger partial charge in [-0.25, -0.2) is 4.79 Å². The Bertz CT molecular complexity index is 783. The second kappa shape index (κ2) is 6.23. The largest absolute Gasteiger partial charge is 0.477 e. The lowest BCUT2D eigenvalue weighted by Gasteiger charge is -2.06. The lowest BCUT2D eigenvalue weighted by molar-refractivity contribution is -0.132. The number of ether oxygens (including phenoxy) is 2. The Hall–Kier alpha value is -3.28. The van der Waals surface area contributed by atoms with Crippen LogP contribution in [0.4, 0.5) is 0 Å². The maximum atomic E-state index is 12.1. The fraction of sp³-hybridized carbons (Fsp3) is 0.0588. The summed E-state index contributed by atoms with van der Waals surface area (Å²) in [6.45, 7) is 0.138. The van der Waals surface area contributed by atoms with Crippen molar-refractivity contribution in [3.8, 4) is 11.5 Å². The summed E-state index contributed by atoms with van der Waals surface area (Å²) in [6, 6.07) is 13.4. The SMILES string of the molecule is O=C(O)C(=Cc1ccc2c(c1)OCO2)NC(=O)c1ccccc1. The first kappa shape index (κ1) is 14.6. The van der Waals surface area contributed by atoms with E-state index in [4.69, 9.17) is 9.47 Å². The molecule has 2 aromatic rings. The summed E-state index contributed by atoms with van der Waals surface area (Å²) in [6.07, 6.45) is 1.37. The minimum atomic E-state index is -1.23. The lowest BCUT2D eigenvalue weighted by atomic mass is 10.1. The molecule has 1 amide bonds. The number of carbonyl (C=O) groups excluding carboxylic acids is 1. The van der Waals surface area contributed by atoms with E-state index in [0.717, 1.165) is 0 Å². The number of carbonyl (C=O) groups is 2. The van der Waals surface area contributed by atoms with Crippen molar-refractivity contribution < 1.29 is 24.2 Å². The smallest absolute Gasteiger partial charge is 0.352 e. The zero-order chi connectivity index (χ0) is 16.2. The normalized spacial score (nSPS) is 12.8. The van der Waals surface area contributed by atoms with Gasteiger partial charge in [-0.1, -0.05) is 24.3 Å². The van der Waals surface area contributed by atoms with Gasteiger partial charge in [-0.3, -0.25) is 4.79 Å². The van der Waals surface area contributed by atoms with Gasteiger partial charge >= 0.3 is 5.97 Å². The highest BCUT2D eigenvalue weighted by Gasteiger charge is 2.16. The first-order valence-corrected chi connectivity index (χ1v) is 6.84. The molecule has 0 aliphatic carbocycles. The number of nitrogens with one attached hydrogen (secondary N) is 1. The fourth-order valence-corrected chi connectivity index (χ4v) is 2.10.